The molecule has 1 aromatic heterocycles. The van der Waals surface area contributed by atoms with E-state index >= 15 is 0 Å². The van der Waals surface area contributed by atoms with E-state index in [2.05, 4.69) is 18.3 Å². The third-order valence-corrected chi connectivity index (χ3v) is 6.24. The highest BCUT2D eigenvalue weighted by atomic mass is 16.6. The minimum atomic E-state index is -0.404. The second-order valence-corrected chi connectivity index (χ2v) is 8.75. The summed E-state index contributed by atoms with van der Waals surface area (Å²) in [4.78, 5) is 28.0. The highest BCUT2D eigenvalue weighted by Gasteiger charge is 2.26. The molecule has 0 unspecified atom stereocenters. The van der Waals surface area contributed by atoms with Gasteiger partial charge in [0.25, 0.3) is 5.91 Å². The van der Waals surface area contributed by atoms with Crippen LogP contribution in [0.15, 0.2) is 71.3 Å². The van der Waals surface area contributed by atoms with E-state index in [4.69, 9.17) is 18.6 Å². The smallest absolute Gasteiger partial charge is 0.410 e. The fourth-order valence-electron chi connectivity index (χ4n) is 4.07. The number of nitrogens with zero attached hydrogens (tertiary/aromatic N) is 2. The Kier molecular flexibility index (Phi) is 9.04. The third kappa shape index (κ3) is 7.27. The Morgan fingerprint density at radius 1 is 0.946 bits per heavy atom. The zero-order valence-electron chi connectivity index (χ0n) is 21.2. The van der Waals surface area contributed by atoms with Crippen LogP contribution in [0.1, 0.15) is 34.6 Å². The van der Waals surface area contributed by atoms with Crippen molar-refractivity contribution in [2.45, 2.75) is 19.5 Å². The summed E-state index contributed by atoms with van der Waals surface area (Å²) in [6.07, 6.45) is 1.07. The first-order chi connectivity index (χ1) is 18.0. The van der Waals surface area contributed by atoms with Crippen molar-refractivity contribution in [2.75, 3.05) is 46.5 Å². The summed E-state index contributed by atoms with van der Waals surface area (Å²) >= 11 is 0. The van der Waals surface area contributed by atoms with Crippen LogP contribution in [0.3, 0.4) is 0 Å². The molecule has 0 radical (unpaired) electrons. The summed E-state index contributed by atoms with van der Waals surface area (Å²) in [5.41, 5.74) is 2.24. The minimum Gasteiger partial charge on any atom is -0.497 e. The van der Waals surface area contributed by atoms with E-state index in [1.165, 1.54) is 6.26 Å². The van der Waals surface area contributed by atoms with Gasteiger partial charge in [-0.3, -0.25) is 4.79 Å². The van der Waals surface area contributed by atoms with Crippen molar-refractivity contribution in [3.8, 4) is 11.5 Å². The van der Waals surface area contributed by atoms with Crippen molar-refractivity contribution in [1.29, 1.82) is 0 Å². The Morgan fingerprint density at radius 3 is 2.46 bits per heavy atom. The second kappa shape index (κ2) is 12.8. The normalized spacial score (nSPS) is 14.2. The third-order valence-electron chi connectivity index (χ3n) is 6.24. The molecule has 4 rings (SSSR count). The lowest BCUT2D eigenvalue weighted by atomic mass is 10.1. The van der Waals surface area contributed by atoms with Gasteiger partial charge in [0.05, 0.1) is 13.4 Å². The van der Waals surface area contributed by atoms with Gasteiger partial charge in [0.1, 0.15) is 24.7 Å². The van der Waals surface area contributed by atoms with Crippen LogP contribution in [0.2, 0.25) is 0 Å². The van der Waals surface area contributed by atoms with Crippen LogP contribution in [-0.4, -0.2) is 68.3 Å². The molecule has 0 bridgehead atoms. The quantitative estimate of drug-likeness (QED) is 0.413. The number of hydrogen-bond donors (Lipinski definition) is 1. The van der Waals surface area contributed by atoms with E-state index in [1.54, 1.807) is 29.0 Å². The molecule has 196 valence electrons. The molecule has 2 heterocycles. The van der Waals surface area contributed by atoms with Gasteiger partial charge < -0.3 is 33.7 Å². The number of piperazine rings is 1. The lowest BCUT2D eigenvalue weighted by Crippen LogP contribution is -2.50. The molecular weight excluding hydrogens is 474 g/mol. The summed E-state index contributed by atoms with van der Waals surface area (Å²) in [5, 5.41) is 3.51. The number of ether oxygens (including phenoxy) is 3. The minimum absolute atomic E-state index is 0.139. The summed E-state index contributed by atoms with van der Waals surface area (Å²) in [7, 11) is 1.66. The molecule has 1 fully saturated rings. The Morgan fingerprint density at radius 2 is 1.70 bits per heavy atom. The molecule has 2 aromatic carbocycles. The van der Waals surface area contributed by atoms with Gasteiger partial charge in [0.2, 0.25) is 0 Å². The van der Waals surface area contributed by atoms with Crippen molar-refractivity contribution < 1.29 is 28.2 Å². The lowest BCUT2D eigenvalue weighted by molar-refractivity contribution is 0.0509. The molecule has 0 aliphatic carbocycles. The number of amides is 2. The number of nitrogens with one attached hydrogen (secondary N) is 1. The standard InChI is InChI=1S/C28H33N3O6/c1-21(23-7-4-8-24(19-23)34-2)29-20-22-6-3-9-25(18-22)35-16-17-37-28(33)31-13-11-30(12-14-31)27(32)26-10-5-15-36-26/h3-10,15,18-19,21,29H,11-14,16-17,20H2,1-2H3/t21-/m1/s1. The summed E-state index contributed by atoms with van der Waals surface area (Å²) in [5.74, 6) is 1.69. The maximum atomic E-state index is 12.4. The molecule has 1 aliphatic heterocycles. The van der Waals surface area contributed by atoms with E-state index < -0.39 is 6.09 Å². The largest absolute Gasteiger partial charge is 0.497 e. The van der Waals surface area contributed by atoms with Gasteiger partial charge in [-0.15, -0.1) is 0 Å². The van der Waals surface area contributed by atoms with Crippen LogP contribution in [0, 0.1) is 0 Å². The summed E-state index contributed by atoms with van der Waals surface area (Å²) in [6.45, 7) is 4.87. The van der Waals surface area contributed by atoms with Gasteiger partial charge in [-0.1, -0.05) is 24.3 Å². The molecule has 1 N–H and O–H groups in total. The maximum Gasteiger partial charge on any atom is 0.410 e. The van der Waals surface area contributed by atoms with E-state index in [0.717, 1.165) is 22.6 Å². The zero-order valence-corrected chi connectivity index (χ0v) is 21.2. The zero-order chi connectivity index (χ0) is 26.0. The van der Waals surface area contributed by atoms with E-state index in [9.17, 15) is 9.59 Å². The molecule has 1 saturated heterocycles. The predicted molar refractivity (Wildman–Crippen MR) is 138 cm³/mol. The first kappa shape index (κ1) is 26.1. The van der Waals surface area contributed by atoms with Gasteiger partial charge in [-0.05, 0) is 54.4 Å². The average molecular weight is 508 g/mol. The van der Waals surface area contributed by atoms with E-state index in [0.29, 0.717) is 38.5 Å². The van der Waals surface area contributed by atoms with E-state index in [1.807, 2.05) is 42.5 Å². The maximum absolute atomic E-state index is 12.4. The number of carbonyl (C=O) groups is 2. The van der Waals surface area contributed by atoms with Gasteiger partial charge in [0, 0.05) is 38.8 Å². The molecule has 0 saturated carbocycles. The first-order valence-corrected chi connectivity index (χ1v) is 12.4. The number of furan rings is 1. The molecule has 0 spiro atoms. The molecule has 9 nitrogen and oxygen atoms in total. The molecule has 1 atom stereocenters. The predicted octanol–water partition coefficient (Wildman–Crippen LogP) is 4.11. The topological polar surface area (TPSA) is 93.5 Å². The van der Waals surface area contributed by atoms with Crippen LogP contribution in [0.4, 0.5) is 4.79 Å². The molecular formula is C28H33N3O6. The van der Waals surface area contributed by atoms with Crippen molar-refractivity contribution in [3.63, 3.8) is 0 Å². The fourth-order valence-corrected chi connectivity index (χ4v) is 4.07. The number of rotatable bonds is 10. The fraction of sp³-hybridized carbons (Fsp3) is 0.357. The Bertz CT molecular complexity index is 1160. The van der Waals surface area contributed by atoms with Crippen molar-refractivity contribution >= 4 is 12.0 Å². The van der Waals surface area contributed by atoms with Crippen LogP contribution in [0.5, 0.6) is 11.5 Å². The van der Waals surface area contributed by atoms with Crippen molar-refractivity contribution in [3.05, 3.63) is 83.8 Å². The lowest BCUT2D eigenvalue weighted by Gasteiger charge is -2.33. The molecule has 3 aromatic rings. The van der Waals surface area contributed by atoms with Gasteiger partial charge in [-0.25, -0.2) is 4.79 Å². The van der Waals surface area contributed by atoms with Crippen LogP contribution >= 0.6 is 0 Å². The molecule has 2 amide bonds. The van der Waals surface area contributed by atoms with Crippen LogP contribution in [0.25, 0.3) is 0 Å². The van der Waals surface area contributed by atoms with Crippen LogP contribution in [-0.2, 0) is 11.3 Å². The second-order valence-electron chi connectivity index (χ2n) is 8.75. The van der Waals surface area contributed by atoms with Crippen LogP contribution < -0.4 is 14.8 Å². The van der Waals surface area contributed by atoms with E-state index in [-0.39, 0.29) is 25.2 Å². The van der Waals surface area contributed by atoms with Crippen molar-refractivity contribution in [2.24, 2.45) is 0 Å². The first-order valence-electron chi connectivity index (χ1n) is 12.4. The van der Waals surface area contributed by atoms with Gasteiger partial charge in [-0.2, -0.15) is 0 Å². The van der Waals surface area contributed by atoms with Crippen molar-refractivity contribution in [1.82, 2.24) is 15.1 Å². The molecule has 9 heteroatoms. The number of methoxy groups -OCH3 is 1. The summed E-state index contributed by atoms with van der Waals surface area (Å²) in [6, 6.07) is 19.3. The average Bonchev–Trinajstić information content (AvgIpc) is 3.49. The molecule has 37 heavy (non-hydrogen) atoms. The SMILES string of the molecule is COc1cccc([C@@H](C)NCc2cccc(OCCOC(=O)N3CCN(C(=O)c4ccco4)CC3)c2)c1. The molecule has 1 aliphatic rings. The highest BCUT2D eigenvalue weighted by molar-refractivity contribution is 5.91. The number of benzene rings is 2. The Balaban J connectivity index is 1.15. The number of carbonyl (C=O) groups excluding carboxylic acids is 2. The Labute approximate surface area is 216 Å². The highest BCUT2D eigenvalue weighted by Crippen LogP contribution is 2.20. The van der Waals surface area contributed by atoms with Gasteiger partial charge in [0.15, 0.2) is 5.76 Å². The number of hydrogen-bond acceptors (Lipinski definition) is 7. The monoisotopic (exact) mass is 507 g/mol. The summed E-state index contributed by atoms with van der Waals surface area (Å²) < 4.78 is 21.6. The Hall–Kier alpha value is -3.98. The van der Waals surface area contributed by atoms with Gasteiger partial charge >= 0.3 is 6.09 Å².